The van der Waals surface area contributed by atoms with Crippen molar-refractivity contribution in [3.05, 3.63) is 46.5 Å². The molecule has 3 heterocycles. The molecule has 1 fully saturated rings. The van der Waals surface area contributed by atoms with E-state index in [-0.39, 0.29) is 11.0 Å². The third-order valence-electron chi connectivity index (χ3n) is 4.18. The van der Waals surface area contributed by atoms with E-state index in [0.29, 0.717) is 12.2 Å². The molecule has 0 spiro atoms. The smallest absolute Gasteiger partial charge is 0.258 e. The number of rotatable bonds is 4. The van der Waals surface area contributed by atoms with Gasteiger partial charge in [-0.2, -0.15) is 0 Å². The summed E-state index contributed by atoms with van der Waals surface area (Å²) in [5.41, 5.74) is 1.74. The van der Waals surface area contributed by atoms with Gasteiger partial charge in [-0.3, -0.25) is 9.20 Å². The molecule has 112 valence electrons. The first-order valence-electron chi connectivity index (χ1n) is 7.42. The van der Waals surface area contributed by atoms with Crippen LogP contribution in [0.15, 0.2) is 35.3 Å². The summed E-state index contributed by atoms with van der Waals surface area (Å²) < 4.78 is 6.97. The molecule has 0 saturated carbocycles. The topological polar surface area (TPSA) is 55.6 Å². The Morgan fingerprint density at radius 2 is 2.19 bits per heavy atom. The average Bonchev–Trinajstić information content (AvgIpc) is 2.48. The summed E-state index contributed by atoms with van der Waals surface area (Å²) in [7, 11) is 0. The first kappa shape index (κ1) is 14.2. The molecule has 2 aromatic rings. The van der Waals surface area contributed by atoms with Gasteiger partial charge in [0.2, 0.25) is 0 Å². The van der Waals surface area contributed by atoms with E-state index in [0.717, 1.165) is 38.3 Å². The van der Waals surface area contributed by atoms with Gasteiger partial charge in [-0.25, -0.2) is 4.98 Å². The third kappa shape index (κ3) is 3.31. The average molecular weight is 287 g/mol. The van der Waals surface area contributed by atoms with E-state index >= 15 is 0 Å². The maximum atomic E-state index is 12.0. The molecule has 0 atom stereocenters. The van der Waals surface area contributed by atoms with Gasteiger partial charge in [0.25, 0.3) is 5.56 Å². The molecular weight excluding hydrogens is 266 g/mol. The highest BCUT2D eigenvalue weighted by Gasteiger charge is 2.26. The summed E-state index contributed by atoms with van der Waals surface area (Å²) >= 11 is 0. The molecule has 0 aromatic carbocycles. The van der Waals surface area contributed by atoms with E-state index in [2.05, 4.69) is 17.2 Å². The van der Waals surface area contributed by atoms with Crippen molar-refractivity contribution >= 4 is 5.65 Å². The first-order valence-corrected chi connectivity index (χ1v) is 7.42. The molecule has 5 nitrogen and oxygen atoms in total. The van der Waals surface area contributed by atoms with Crippen LogP contribution in [0, 0.1) is 5.41 Å². The van der Waals surface area contributed by atoms with Crippen LogP contribution in [0.2, 0.25) is 0 Å². The molecule has 1 aliphatic heterocycles. The van der Waals surface area contributed by atoms with Gasteiger partial charge in [0.05, 0.1) is 5.69 Å². The standard InChI is InChI=1S/C16H21N3O2/c1-16(5-8-21-9-6-16)12-17-11-13-10-15(20)19-7-3-2-4-14(19)18-13/h2-4,7,10,17H,5-6,8-9,11-12H2,1H3. The van der Waals surface area contributed by atoms with E-state index < -0.39 is 0 Å². The lowest BCUT2D eigenvalue weighted by molar-refractivity contribution is 0.0240. The maximum Gasteiger partial charge on any atom is 0.258 e. The van der Waals surface area contributed by atoms with E-state index in [9.17, 15) is 4.79 Å². The van der Waals surface area contributed by atoms with Crippen molar-refractivity contribution in [3.8, 4) is 0 Å². The van der Waals surface area contributed by atoms with Gasteiger partial charge >= 0.3 is 0 Å². The molecule has 0 aliphatic carbocycles. The Labute approximate surface area is 124 Å². The summed E-state index contributed by atoms with van der Waals surface area (Å²) in [5.74, 6) is 0. The van der Waals surface area contributed by atoms with Gasteiger partial charge in [0, 0.05) is 38.6 Å². The van der Waals surface area contributed by atoms with Gasteiger partial charge in [0.1, 0.15) is 5.65 Å². The minimum Gasteiger partial charge on any atom is -0.381 e. The second-order valence-corrected chi connectivity index (χ2v) is 6.04. The quantitative estimate of drug-likeness (QED) is 0.928. The third-order valence-corrected chi connectivity index (χ3v) is 4.18. The molecule has 1 aliphatic rings. The van der Waals surface area contributed by atoms with Crippen LogP contribution in [0.5, 0.6) is 0 Å². The van der Waals surface area contributed by atoms with Crippen LogP contribution in [-0.2, 0) is 11.3 Å². The molecule has 0 unspecified atom stereocenters. The van der Waals surface area contributed by atoms with Crippen LogP contribution in [-0.4, -0.2) is 29.1 Å². The van der Waals surface area contributed by atoms with Crippen LogP contribution in [0.25, 0.3) is 5.65 Å². The highest BCUT2D eigenvalue weighted by molar-refractivity contribution is 5.37. The van der Waals surface area contributed by atoms with E-state index in [1.165, 1.54) is 0 Å². The summed E-state index contributed by atoms with van der Waals surface area (Å²) in [6.45, 7) is 5.51. The Kier molecular flexibility index (Phi) is 4.03. The van der Waals surface area contributed by atoms with Crippen LogP contribution in [0.4, 0.5) is 0 Å². The molecule has 2 aromatic heterocycles. The fraction of sp³-hybridized carbons (Fsp3) is 0.500. The van der Waals surface area contributed by atoms with Gasteiger partial charge in [-0.1, -0.05) is 13.0 Å². The highest BCUT2D eigenvalue weighted by Crippen LogP contribution is 2.28. The Hall–Kier alpha value is -1.72. The molecule has 0 bridgehead atoms. The normalized spacial score (nSPS) is 18.0. The van der Waals surface area contributed by atoms with Crippen LogP contribution >= 0.6 is 0 Å². The lowest BCUT2D eigenvalue weighted by Crippen LogP contribution is -2.36. The monoisotopic (exact) mass is 287 g/mol. The Bertz CT molecular complexity index is 675. The summed E-state index contributed by atoms with van der Waals surface area (Å²) in [4.78, 5) is 16.5. The molecule has 1 saturated heterocycles. The number of hydrogen-bond donors (Lipinski definition) is 1. The summed E-state index contributed by atoms with van der Waals surface area (Å²) in [6.07, 6.45) is 3.90. The SMILES string of the molecule is CC1(CNCc2cc(=O)n3ccccc3n2)CCOCC1. The number of aromatic nitrogens is 2. The lowest BCUT2D eigenvalue weighted by Gasteiger charge is -2.33. The van der Waals surface area contributed by atoms with Crippen LogP contribution < -0.4 is 10.9 Å². The fourth-order valence-corrected chi connectivity index (χ4v) is 2.73. The number of fused-ring (bicyclic) bond motifs is 1. The van der Waals surface area contributed by atoms with Crippen molar-refractivity contribution in [2.24, 2.45) is 5.41 Å². The number of nitrogens with zero attached hydrogens (tertiary/aromatic N) is 2. The van der Waals surface area contributed by atoms with Gasteiger partial charge in [-0.05, 0) is 30.4 Å². The van der Waals surface area contributed by atoms with Crippen molar-refractivity contribution in [1.29, 1.82) is 0 Å². The maximum absolute atomic E-state index is 12.0. The highest BCUT2D eigenvalue weighted by atomic mass is 16.5. The van der Waals surface area contributed by atoms with Crippen molar-refractivity contribution in [1.82, 2.24) is 14.7 Å². The minimum absolute atomic E-state index is 0.0327. The summed E-state index contributed by atoms with van der Waals surface area (Å²) in [5, 5.41) is 3.44. The Morgan fingerprint density at radius 1 is 1.38 bits per heavy atom. The second-order valence-electron chi connectivity index (χ2n) is 6.04. The van der Waals surface area contributed by atoms with E-state index in [1.807, 2.05) is 18.2 Å². The largest absolute Gasteiger partial charge is 0.381 e. The molecule has 1 N–H and O–H groups in total. The molecule has 0 amide bonds. The van der Waals surface area contributed by atoms with Gasteiger partial charge in [-0.15, -0.1) is 0 Å². The van der Waals surface area contributed by atoms with Gasteiger partial charge < -0.3 is 10.1 Å². The Morgan fingerprint density at radius 3 is 3.00 bits per heavy atom. The minimum atomic E-state index is -0.0327. The molecular formula is C16H21N3O2. The second kappa shape index (κ2) is 5.95. The fourth-order valence-electron chi connectivity index (χ4n) is 2.73. The van der Waals surface area contributed by atoms with Crippen LogP contribution in [0.1, 0.15) is 25.5 Å². The van der Waals surface area contributed by atoms with Crippen LogP contribution in [0.3, 0.4) is 0 Å². The predicted octanol–water partition coefficient (Wildman–Crippen LogP) is 1.60. The first-order chi connectivity index (χ1) is 10.2. The van der Waals surface area contributed by atoms with Crippen molar-refractivity contribution in [3.63, 3.8) is 0 Å². The van der Waals surface area contributed by atoms with Crippen molar-refractivity contribution < 1.29 is 4.74 Å². The number of nitrogens with one attached hydrogen (secondary N) is 1. The number of hydrogen-bond acceptors (Lipinski definition) is 4. The summed E-state index contributed by atoms with van der Waals surface area (Å²) in [6, 6.07) is 7.18. The van der Waals surface area contributed by atoms with E-state index in [1.54, 1.807) is 16.7 Å². The molecule has 21 heavy (non-hydrogen) atoms. The number of pyridine rings is 1. The predicted molar refractivity (Wildman–Crippen MR) is 81.3 cm³/mol. The lowest BCUT2D eigenvalue weighted by atomic mass is 9.82. The zero-order chi connectivity index (χ0) is 14.7. The van der Waals surface area contributed by atoms with E-state index in [4.69, 9.17) is 4.74 Å². The zero-order valence-corrected chi connectivity index (χ0v) is 12.3. The molecule has 5 heteroatoms. The molecule has 0 radical (unpaired) electrons. The molecule has 3 rings (SSSR count). The van der Waals surface area contributed by atoms with Crippen molar-refractivity contribution in [2.75, 3.05) is 19.8 Å². The number of ether oxygens (including phenoxy) is 1. The zero-order valence-electron chi connectivity index (χ0n) is 12.3. The van der Waals surface area contributed by atoms with Gasteiger partial charge in [0.15, 0.2) is 0 Å². The Balaban J connectivity index is 1.67. The van der Waals surface area contributed by atoms with Crippen molar-refractivity contribution in [2.45, 2.75) is 26.3 Å².